The number of aromatic amines is 1. The van der Waals surface area contributed by atoms with Gasteiger partial charge in [-0.05, 0) is 68.8 Å². The maximum absolute atomic E-state index is 12.6. The van der Waals surface area contributed by atoms with Gasteiger partial charge in [0.15, 0.2) is 0 Å². The maximum Gasteiger partial charge on any atom is 0.223 e. The van der Waals surface area contributed by atoms with Crippen LogP contribution in [0.15, 0.2) is 6.20 Å². The molecule has 0 bridgehead atoms. The molecule has 0 aliphatic heterocycles. The molecule has 3 aliphatic carbocycles. The van der Waals surface area contributed by atoms with Crippen LogP contribution >= 0.6 is 0 Å². The van der Waals surface area contributed by atoms with Crippen molar-refractivity contribution < 1.29 is 4.79 Å². The van der Waals surface area contributed by atoms with Crippen molar-refractivity contribution in [3.8, 4) is 0 Å². The average Bonchev–Trinajstić information content (AvgIpc) is 3.05. The minimum absolute atomic E-state index is 0.144. The number of fused-ring (bicyclic) bond motifs is 1. The van der Waals surface area contributed by atoms with Crippen LogP contribution in [0, 0.1) is 11.3 Å². The van der Waals surface area contributed by atoms with Gasteiger partial charge in [0, 0.05) is 17.7 Å². The normalized spacial score (nSPS) is 27.6. The number of hydrogen-bond acceptors (Lipinski definition) is 2. The van der Waals surface area contributed by atoms with E-state index in [1.165, 1.54) is 69.0 Å². The summed E-state index contributed by atoms with van der Waals surface area (Å²) in [7, 11) is 0. The van der Waals surface area contributed by atoms with Crippen LogP contribution in [0.5, 0.6) is 0 Å². The molecule has 0 aromatic carbocycles. The Labute approximate surface area is 138 Å². The molecule has 1 aromatic heterocycles. The summed E-state index contributed by atoms with van der Waals surface area (Å²) in [6.07, 6.45) is 16.8. The topological polar surface area (TPSA) is 57.8 Å². The van der Waals surface area contributed by atoms with E-state index in [1.807, 2.05) is 6.20 Å². The van der Waals surface area contributed by atoms with E-state index in [-0.39, 0.29) is 11.8 Å². The lowest BCUT2D eigenvalue weighted by atomic mass is 9.64. The number of hydrogen-bond donors (Lipinski definition) is 2. The minimum atomic E-state index is 0.144. The van der Waals surface area contributed by atoms with Crippen molar-refractivity contribution in [3.63, 3.8) is 0 Å². The van der Waals surface area contributed by atoms with Crippen LogP contribution in [-0.4, -0.2) is 22.1 Å². The molecular formula is C19H29N3O. The summed E-state index contributed by atoms with van der Waals surface area (Å²) in [6, 6.07) is 0.417. The number of carbonyl (C=O) groups is 1. The van der Waals surface area contributed by atoms with E-state index in [0.29, 0.717) is 11.5 Å². The van der Waals surface area contributed by atoms with E-state index in [4.69, 9.17) is 0 Å². The van der Waals surface area contributed by atoms with Crippen molar-refractivity contribution in [2.24, 2.45) is 11.3 Å². The second-order valence-electron chi connectivity index (χ2n) is 8.16. The van der Waals surface area contributed by atoms with Crippen molar-refractivity contribution in [1.82, 2.24) is 15.5 Å². The molecule has 1 amide bonds. The summed E-state index contributed by atoms with van der Waals surface area (Å²) in [4.78, 5) is 12.6. The molecule has 3 aliphatic rings. The summed E-state index contributed by atoms with van der Waals surface area (Å²) in [6.45, 7) is 0. The summed E-state index contributed by atoms with van der Waals surface area (Å²) in [5, 5.41) is 10.5. The van der Waals surface area contributed by atoms with Gasteiger partial charge in [-0.1, -0.05) is 19.3 Å². The van der Waals surface area contributed by atoms with Gasteiger partial charge in [0.05, 0.1) is 6.20 Å². The molecule has 4 nitrogen and oxygen atoms in total. The fourth-order valence-electron chi connectivity index (χ4n) is 5.14. The van der Waals surface area contributed by atoms with E-state index in [2.05, 4.69) is 15.5 Å². The number of aromatic nitrogens is 2. The Morgan fingerprint density at radius 2 is 1.91 bits per heavy atom. The van der Waals surface area contributed by atoms with Gasteiger partial charge in [-0.15, -0.1) is 0 Å². The third kappa shape index (κ3) is 3.17. The quantitative estimate of drug-likeness (QED) is 0.877. The zero-order valence-electron chi connectivity index (χ0n) is 14.1. The number of nitrogens with one attached hydrogen (secondary N) is 2. The fraction of sp³-hybridized carbons (Fsp3) is 0.789. The third-order valence-electron chi connectivity index (χ3n) is 6.69. The molecule has 2 N–H and O–H groups in total. The first-order chi connectivity index (χ1) is 11.2. The predicted molar refractivity (Wildman–Crippen MR) is 90.0 cm³/mol. The highest BCUT2D eigenvalue weighted by Crippen LogP contribution is 2.47. The lowest BCUT2D eigenvalue weighted by molar-refractivity contribution is -0.126. The van der Waals surface area contributed by atoms with Gasteiger partial charge in [-0.2, -0.15) is 5.10 Å². The van der Waals surface area contributed by atoms with E-state index < -0.39 is 0 Å². The van der Waals surface area contributed by atoms with Crippen LogP contribution in [0.3, 0.4) is 0 Å². The number of rotatable bonds is 2. The Kier molecular flexibility index (Phi) is 4.16. The Morgan fingerprint density at radius 3 is 2.70 bits per heavy atom. The Hall–Kier alpha value is -1.32. The predicted octanol–water partition coefficient (Wildman–Crippen LogP) is 3.52. The molecule has 1 spiro atoms. The Bertz CT molecular complexity index is 549. The van der Waals surface area contributed by atoms with Gasteiger partial charge >= 0.3 is 0 Å². The van der Waals surface area contributed by atoms with Crippen molar-refractivity contribution in [2.45, 2.75) is 83.1 Å². The monoisotopic (exact) mass is 315 g/mol. The molecule has 2 fully saturated rings. The molecule has 23 heavy (non-hydrogen) atoms. The summed E-state index contributed by atoms with van der Waals surface area (Å²) < 4.78 is 0. The number of H-pyrrole nitrogens is 1. The molecule has 1 heterocycles. The van der Waals surface area contributed by atoms with Crippen LogP contribution in [0.25, 0.3) is 0 Å². The van der Waals surface area contributed by atoms with Gasteiger partial charge in [0.2, 0.25) is 5.91 Å². The standard InChI is InChI=1S/C19H29N3O/c23-18(14-4-5-17-15(12-14)13-20-22-17)21-16-6-10-19(11-7-16)8-2-1-3-9-19/h13-14,16H,1-12H2,(H,20,22)(H,21,23). The molecule has 4 heteroatoms. The highest BCUT2D eigenvalue weighted by molar-refractivity contribution is 5.79. The zero-order valence-corrected chi connectivity index (χ0v) is 14.1. The molecule has 2 saturated carbocycles. The zero-order chi connectivity index (χ0) is 15.7. The highest BCUT2D eigenvalue weighted by atomic mass is 16.1. The number of nitrogens with zero attached hydrogens (tertiary/aromatic N) is 1. The van der Waals surface area contributed by atoms with Gasteiger partial charge in [0.1, 0.15) is 0 Å². The van der Waals surface area contributed by atoms with Gasteiger partial charge in [0.25, 0.3) is 0 Å². The second kappa shape index (κ2) is 6.29. The SMILES string of the molecule is O=C(NC1CCC2(CCCCC2)CC1)C1CCc2[nH]ncc2C1. The second-order valence-corrected chi connectivity index (χ2v) is 8.16. The minimum Gasteiger partial charge on any atom is -0.353 e. The Morgan fingerprint density at radius 1 is 1.13 bits per heavy atom. The maximum atomic E-state index is 12.6. The van der Waals surface area contributed by atoms with Gasteiger partial charge < -0.3 is 5.32 Å². The van der Waals surface area contributed by atoms with Gasteiger partial charge in [-0.3, -0.25) is 9.89 Å². The molecular weight excluding hydrogens is 286 g/mol. The van der Waals surface area contributed by atoms with E-state index in [0.717, 1.165) is 19.3 Å². The van der Waals surface area contributed by atoms with Crippen LogP contribution in [0.2, 0.25) is 0 Å². The molecule has 1 aromatic rings. The van der Waals surface area contributed by atoms with Crippen molar-refractivity contribution in [2.75, 3.05) is 0 Å². The molecule has 126 valence electrons. The number of carbonyl (C=O) groups excluding carboxylic acids is 1. The highest BCUT2D eigenvalue weighted by Gasteiger charge is 2.37. The molecule has 1 atom stereocenters. The number of aryl methyl sites for hydroxylation is 1. The molecule has 0 radical (unpaired) electrons. The smallest absolute Gasteiger partial charge is 0.223 e. The first-order valence-corrected chi connectivity index (χ1v) is 9.56. The fourth-order valence-corrected chi connectivity index (χ4v) is 5.14. The van der Waals surface area contributed by atoms with E-state index >= 15 is 0 Å². The first-order valence-electron chi connectivity index (χ1n) is 9.56. The summed E-state index contributed by atoms with van der Waals surface area (Å²) >= 11 is 0. The van der Waals surface area contributed by atoms with Crippen LogP contribution in [0.1, 0.15) is 75.5 Å². The van der Waals surface area contributed by atoms with Crippen molar-refractivity contribution in [1.29, 1.82) is 0 Å². The molecule has 1 unspecified atom stereocenters. The lowest BCUT2D eigenvalue weighted by Gasteiger charge is -2.43. The van der Waals surface area contributed by atoms with Gasteiger partial charge in [-0.25, -0.2) is 0 Å². The van der Waals surface area contributed by atoms with Crippen LogP contribution in [-0.2, 0) is 17.6 Å². The lowest BCUT2D eigenvalue weighted by Crippen LogP contribution is -2.44. The van der Waals surface area contributed by atoms with E-state index in [1.54, 1.807) is 0 Å². The largest absolute Gasteiger partial charge is 0.353 e. The van der Waals surface area contributed by atoms with Crippen molar-refractivity contribution in [3.05, 3.63) is 17.5 Å². The molecule has 0 saturated heterocycles. The van der Waals surface area contributed by atoms with Crippen molar-refractivity contribution >= 4 is 5.91 Å². The third-order valence-corrected chi connectivity index (χ3v) is 6.69. The average molecular weight is 315 g/mol. The Balaban J connectivity index is 1.29. The molecule has 4 rings (SSSR count). The first kappa shape index (κ1) is 15.2. The van der Waals surface area contributed by atoms with Crippen LogP contribution in [0.4, 0.5) is 0 Å². The van der Waals surface area contributed by atoms with E-state index in [9.17, 15) is 4.79 Å². The summed E-state index contributed by atoms with van der Waals surface area (Å²) in [5.41, 5.74) is 3.10. The van der Waals surface area contributed by atoms with Crippen LogP contribution < -0.4 is 5.32 Å². The number of amides is 1. The summed E-state index contributed by atoms with van der Waals surface area (Å²) in [5.74, 6) is 0.423.